The summed E-state index contributed by atoms with van der Waals surface area (Å²) < 4.78 is 0. The van der Waals surface area contributed by atoms with Gasteiger partial charge >= 0.3 is 6.03 Å². The molecule has 0 aromatic carbocycles. The molecule has 4 nitrogen and oxygen atoms in total. The molecule has 0 heterocycles. The summed E-state index contributed by atoms with van der Waals surface area (Å²) in [6.45, 7) is 8.06. The molecule has 1 unspecified atom stereocenters. The monoisotopic (exact) mass is 202 g/mol. The molecule has 0 aromatic heterocycles. The number of hydrogen-bond acceptors (Lipinski definition) is 2. The van der Waals surface area contributed by atoms with Gasteiger partial charge in [0.05, 0.1) is 0 Å². The van der Waals surface area contributed by atoms with E-state index in [1.165, 1.54) is 0 Å². The van der Waals surface area contributed by atoms with E-state index in [4.69, 9.17) is 5.11 Å². The van der Waals surface area contributed by atoms with Crippen LogP contribution >= 0.6 is 0 Å². The molecule has 0 rings (SSSR count). The molecule has 0 spiro atoms. The summed E-state index contributed by atoms with van der Waals surface area (Å²) in [7, 11) is 0. The van der Waals surface area contributed by atoms with Crippen LogP contribution in [-0.2, 0) is 0 Å². The number of aliphatic hydroxyl groups excluding tert-OH is 1. The number of aliphatic hydroxyl groups is 1. The molecule has 4 heteroatoms. The van der Waals surface area contributed by atoms with Gasteiger partial charge in [-0.1, -0.05) is 13.8 Å². The van der Waals surface area contributed by atoms with Gasteiger partial charge in [0, 0.05) is 18.7 Å². The number of amides is 2. The van der Waals surface area contributed by atoms with Gasteiger partial charge in [-0.25, -0.2) is 4.79 Å². The predicted octanol–water partition coefficient (Wildman–Crippen LogP) is 1.10. The molecule has 0 bridgehead atoms. The predicted molar refractivity (Wildman–Crippen MR) is 57.1 cm³/mol. The average Bonchev–Trinajstić information content (AvgIpc) is 2.03. The minimum atomic E-state index is -0.160. The quantitative estimate of drug-likeness (QED) is 0.625. The standard InChI is InChI=1S/C10H22N2O2/c1-7(2)9(4)12-10(14)11-8(3)5-6-13/h7-9,13H,5-6H2,1-4H3,(H2,11,12,14)/t8-,9?/m1/s1. The van der Waals surface area contributed by atoms with Gasteiger partial charge in [0.1, 0.15) is 0 Å². The molecule has 0 aliphatic rings. The van der Waals surface area contributed by atoms with Crippen molar-refractivity contribution in [2.45, 2.75) is 46.2 Å². The summed E-state index contributed by atoms with van der Waals surface area (Å²) in [5.41, 5.74) is 0. The molecule has 3 N–H and O–H groups in total. The lowest BCUT2D eigenvalue weighted by molar-refractivity contribution is 0.225. The maximum atomic E-state index is 11.3. The molecular weight excluding hydrogens is 180 g/mol. The maximum Gasteiger partial charge on any atom is 0.315 e. The third kappa shape index (κ3) is 5.80. The topological polar surface area (TPSA) is 61.4 Å². The molecule has 2 amide bonds. The molecule has 0 aliphatic carbocycles. The van der Waals surface area contributed by atoms with E-state index < -0.39 is 0 Å². The van der Waals surface area contributed by atoms with Gasteiger partial charge in [0.2, 0.25) is 0 Å². The molecular formula is C10H22N2O2. The highest BCUT2D eigenvalue weighted by molar-refractivity contribution is 5.74. The van der Waals surface area contributed by atoms with E-state index in [0.29, 0.717) is 12.3 Å². The summed E-state index contributed by atoms with van der Waals surface area (Å²) in [5, 5.41) is 14.2. The van der Waals surface area contributed by atoms with E-state index >= 15 is 0 Å². The highest BCUT2D eigenvalue weighted by Crippen LogP contribution is 1.99. The Balaban J connectivity index is 3.75. The largest absolute Gasteiger partial charge is 0.396 e. The van der Waals surface area contributed by atoms with Crippen LogP contribution in [0.25, 0.3) is 0 Å². The van der Waals surface area contributed by atoms with Gasteiger partial charge in [0.25, 0.3) is 0 Å². The average molecular weight is 202 g/mol. The van der Waals surface area contributed by atoms with Crippen LogP contribution in [0, 0.1) is 5.92 Å². The molecule has 0 saturated carbocycles. The number of carbonyl (C=O) groups is 1. The molecule has 2 atom stereocenters. The van der Waals surface area contributed by atoms with Gasteiger partial charge in [-0.05, 0) is 26.2 Å². The first-order chi connectivity index (χ1) is 6.47. The summed E-state index contributed by atoms with van der Waals surface area (Å²) in [4.78, 5) is 11.3. The smallest absolute Gasteiger partial charge is 0.315 e. The fraction of sp³-hybridized carbons (Fsp3) is 0.900. The minimum Gasteiger partial charge on any atom is -0.396 e. The molecule has 0 aliphatic heterocycles. The Bertz CT molecular complexity index is 172. The van der Waals surface area contributed by atoms with Crippen molar-refractivity contribution in [1.29, 1.82) is 0 Å². The molecule has 0 saturated heterocycles. The highest BCUT2D eigenvalue weighted by atomic mass is 16.3. The lowest BCUT2D eigenvalue weighted by atomic mass is 10.1. The van der Waals surface area contributed by atoms with E-state index in [1.54, 1.807) is 0 Å². The third-order valence-electron chi connectivity index (χ3n) is 2.30. The van der Waals surface area contributed by atoms with E-state index in [1.807, 2.05) is 13.8 Å². The van der Waals surface area contributed by atoms with Crippen LogP contribution in [0.1, 0.15) is 34.1 Å². The minimum absolute atomic E-state index is 0.0133. The zero-order valence-electron chi connectivity index (χ0n) is 9.50. The second-order valence-corrected chi connectivity index (χ2v) is 4.06. The van der Waals surface area contributed by atoms with Gasteiger partial charge < -0.3 is 15.7 Å². The second kappa shape index (κ2) is 6.65. The SMILES string of the molecule is CC(C)C(C)NC(=O)N[C@H](C)CCO. The fourth-order valence-corrected chi connectivity index (χ4v) is 0.905. The Morgan fingerprint density at radius 3 is 2.21 bits per heavy atom. The highest BCUT2D eigenvalue weighted by Gasteiger charge is 2.11. The number of urea groups is 1. The molecule has 14 heavy (non-hydrogen) atoms. The Morgan fingerprint density at radius 1 is 1.21 bits per heavy atom. The maximum absolute atomic E-state index is 11.3. The first-order valence-electron chi connectivity index (χ1n) is 5.15. The Kier molecular flexibility index (Phi) is 6.28. The van der Waals surface area contributed by atoms with Crippen LogP contribution in [0.2, 0.25) is 0 Å². The van der Waals surface area contributed by atoms with Crippen LogP contribution in [0.15, 0.2) is 0 Å². The van der Waals surface area contributed by atoms with Gasteiger partial charge in [-0.2, -0.15) is 0 Å². The van der Waals surface area contributed by atoms with Crippen molar-refractivity contribution in [2.75, 3.05) is 6.61 Å². The van der Waals surface area contributed by atoms with Gasteiger partial charge in [0.15, 0.2) is 0 Å². The Labute approximate surface area is 86.1 Å². The Hall–Kier alpha value is -0.770. The van der Waals surface area contributed by atoms with Crippen molar-refractivity contribution in [3.63, 3.8) is 0 Å². The zero-order chi connectivity index (χ0) is 11.1. The number of rotatable bonds is 5. The van der Waals surface area contributed by atoms with Crippen molar-refractivity contribution in [2.24, 2.45) is 5.92 Å². The van der Waals surface area contributed by atoms with Crippen molar-refractivity contribution in [1.82, 2.24) is 10.6 Å². The van der Waals surface area contributed by atoms with Crippen LogP contribution in [-0.4, -0.2) is 29.8 Å². The van der Waals surface area contributed by atoms with E-state index in [-0.39, 0.29) is 24.7 Å². The van der Waals surface area contributed by atoms with Crippen molar-refractivity contribution >= 4 is 6.03 Å². The third-order valence-corrected chi connectivity index (χ3v) is 2.30. The van der Waals surface area contributed by atoms with Gasteiger partial charge in [-0.3, -0.25) is 0 Å². The molecule has 84 valence electrons. The van der Waals surface area contributed by atoms with E-state index in [2.05, 4.69) is 24.5 Å². The summed E-state index contributed by atoms with van der Waals surface area (Å²) in [6.07, 6.45) is 0.587. The van der Waals surface area contributed by atoms with Crippen LogP contribution in [0.5, 0.6) is 0 Å². The number of nitrogens with one attached hydrogen (secondary N) is 2. The van der Waals surface area contributed by atoms with Crippen LogP contribution < -0.4 is 10.6 Å². The second-order valence-electron chi connectivity index (χ2n) is 4.06. The summed E-state index contributed by atoms with van der Waals surface area (Å²) in [5.74, 6) is 0.425. The van der Waals surface area contributed by atoms with Crippen molar-refractivity contribution < 1.29 is 9.90 Å². The van der Waals surface area contributed by atoms with E-state index in [9.17, 15) is 4.79 Å². The Morgan fingerprint density at radius 2 is 1.79 bits per heavy atom. The van der Waals surface area contributed by atoms with Crippen LogP contribution in [0.4, 0.5) is 4.79 Å². The molecule has 0 radical (unpaired) electrons. The fourth-order valence-electron chi connectivity index (χ4n) is 0.905. The summed E-state index contributed by atoms with van der Waals surface area (Å²) >= 11 is 0. The normalized spacial score (nSPS) is 15.0. The van der Waals surface area contributed by atoms with Crippen molar-refractivity contribution in [3.8, 4) is 0 Å². The van der Waals surface area contributed by atoms with Crippen molar-refractivity contribution in [3.05, 3.63) is 0 Å². The molecule has 0 aromatic rings. The lowest BCUT2D eigenvalue weighted by Gasteiger charge is -2.20. The first-order valence-corrected chi connectivity index (χ1v) is 5.15. The first kappa shape index (κ1) is 13.2. The molecule has 0 fully saturated rings. The van der Waals surface area contributed by atoms with E-state index in [0.717, 1.165) is 0 Å². The summed E-state index contributed by atoms with van der Waals surface area (Å²) in [6, 6.07) is 0.0165. The lowest BCUT2D eigenvalue weighted by Crippen LogP contribution is -2.46. The number of hydrogen-bond donors (Lipinski definition) is 3. The zero-order valence-corrected chi connectivity index (χ0v) is 9.50. The number of carbonyl (C=O) groups excluding carboxylic acids is 1. The van der Waals surface area contributed by atoms with Gasteiger partial charge in [-0.15, -0.1) is 0 Å². The van der Waals surface area contributed by atoms with Crippen LogP contribution in [0.3, 0.4) is 0 Å².